The first-order valence-electron chi connectivity index (χ1n) is 16.0. The average Bonchev–Trinajstić information content (AvgIpc) is 3.51. The van der Waals surface area contributed by atoms with Gasteiger partial charge in [0.15, 0.2) is 5.69 Å². The van der Waals surface area contributed by atoms with Crippen molar-refractivity contribution in [3.05, 3.63) is 41.0 Å². The van der Waals surface area contributed by atoms with Crippen molar-refractivity contribution in [3.8, 4) is 0 Å². The number of hydrogen-bond acceptors (Lipinski definition) is 8. The summed E-state index contributed by atoms with van der Waals surface area (Å²) >= 11 is 0. The van der Waals surface area contributed by atoms with Crippen LogP contribution in [0.3, 0.4) is 0 Å². The molecule has 246 valence electrons. The molecule has 1 aromatic carbocycles. The predicted octanol–water partition coefficient (Wildman–Crippen LogP) is 2.93. The van der Waals surface area contributed by atoms with Crippen LogP contribution in [0.5, 0.6) is 0 Å². The van der Waals surface area contributed by atoms with Crippen molar-refractivity contribution in [1.82, 2.24) is 30.7 Å². The number of nitrogens with one attached hydrogen (secondary N) is 3. The van der Waals surface area contributed by atoms with Gasteiger partial charge in [0.05, 0.1) is 5.69 Å². The Labute approximate surface area is 263 Å². The molecule has 0 unspecified atom stereocenters. The minimum absolute atomic E-state index is 0.0281. The maximum absolute atomic E-state index is 15.5. The lowest BCUT2D eigenvalue weighted by molar-refractivity contribution is -0.138. The van der Waals surface area contributed by atoms with E-state index in [4.69, 9.17) is 4.63 Å². The number of carbonyl (C=O) groups is 4. The largest absolute Gasteiger partial charge is 0.344 e. The van der Waals surface area contributed by atoms with Crippen molar-refractivity contribution in [2.45, 2.75) is 90.8 Å². The third-order valence-corrected chi connectivity index (χ3v) is 9.16. The lowest BCUT2D eigenvalue weighted by Gasteiger charge is -2.39. The predicted molar refractivity (Wildman–Crippen MR) is 166 cm³/mol. The van der Waals surface area contributed by atoms with Crippen molar-refractivity contribution < 1.29 is 28.2 Å². The number of nitrogens with zero attached hydrogens (tertiary/aromatic N) is 4. The molecule has 2 heterocycles. The van der Waals surface area contributed by atoms with Crippen LogP contribution < -0.4 is 16.0 Å². The number of aromatic nitrogens is 2. The van der Waals surface area contributed by atoms with E-state index in [-0.39, 0.29) is 48.0 Å². The number of carbonyl (C=O) groups excluding carboxylic acids is 4. The molecule has 45 heavy (non-hydrogen) atoms. The molecular formula is C32H46FN7O5. The molecule has 13 heteroatoms. The van der Waals surface area contributed by atoms with E-state index < -0.39 is 29.7 Å². The number of likely N-dealkylation sites (N-methyl/N-ethyl adjacent to an activating group) is 1. The fourth-order valence-corrected chi connectivity index (χ4v) is 6.04. The van der Waals surface area contributed by atoms with E-state index in [9.17, 15) is 19.2 Å². The van der Waals surface area contributed by atoms with Gasteiger partial charge in [0.1, 0.15) is 23.6 Å². The van der Waals surface area contributed by atoms with Crippen LogP contribution >= 0.6 is 0 Å². The Morgan fingerprint density at radius 1 is 1.04 bits per heavy atom. The zero-order valence-electron chi connectivity index (χ0n) is 26.9. The summed E-state index contributed by atoms with van der Waals surface area (Å²) in [6, 6.07) is 2.77. The van der Waals surface area contributed by atoms with Gasteiger partial charge in [0.2, 0.25) is 17.7 Å². The number of piperazine rings is 1. The van der Waals surface area contributed by atoms with E-state index in [0.717, 1.165) is 32.2 Å². The third-order valence-electron chi connectivity index (χ3n) is 9.16. The molecule has 1 aromatic heterocycles. The number of hydrogen-bond donors (Lipinski definition) is 3. The normalized spacial score (nSPS) is 21.9. The molecule has 12 nitrogen and oxygen atoms in total. The summed E-state index contributed by atoms with van der Waals surface area (Å²) in [5, 5.41) is 15.7. The summed E-state index contributed by atoms with van der Waals surface area (Å²) in [5.41, 5.74) is 0.872. The quantitative estimate of drug-likeness (QED) is 0.344. The number of amides is 4. The minimum Gasteiger partial charge on any atom is -0.344 e. The van der Waals surface area contributed by atoms with E-state index in [0.29, 0.717) is 36.7 Å². The van der Waals surface area contributed by atoms with Crippen molar-refractivity contribution >= 4 is 29.3 Å². The molecule has 0 radical (unpaired) electrons. The molecule has 1 saturated carbocycles. The highest BCUT2D eigenvalue weighted by Crippen LogP contribution is 2.31. The second-order valence-electron chi connectivity index (χ2n) is 12.5. The average molecular weight is 628 g/mol. The molecule has 2 fully saturated rings. The Hall–Kier alpha value is -3.87. The Morgan fingerprint density at radius 3 is 2.42 bits per heavy atom. The van der Waals surface area contributed by atoms with Gasteiger partial charge in [-0.2, -0.15) is 0 Å². The number of halogens is 1. The molecule has 3 atom stereocenters. The molecule has 1 aliphatic carbocycles. The molecule has 4 amide bonds. The molecule has 0 spiro atoms. The molecular weight excluding hydrogens is 581 g/mol. The first-order valence-corrected chi connectivity index (χ1v) is 16.0. The Kier molecular flexibility index (Phi) is 11.7. The van der Waals surface area contributed by atoms with Gasteiger partial charge >= 0.3 is 0 Å². The summed E-state index contributed by atoms with van der Waals surface area (Å²) < 4.78 is 20.2. The topological polar surface area (TPSA) is 150 Å². The summed E-state index contributed by atoms with van der Waals surface area (Å²) in [5.74, 6) is -1.86. The van der Waals surface area contributed by atoms with Gasteiger partial charge < -0.3 is 25.8 Å². The Balaban J connectivity index is 1.48. The number of anilines is 1. The minimum atomic E-state index is -0.914. The van der Waals surface area contributed by atoms with E-state index in [1.54, 1.807) is 17.9 Å². The Morgan fingerprint density at radius 2 is 1.78 bits per heavy atom. The summed E-state index contributed by atoms with van der Waals surface area (Å²) in [6.45, 7) is 9.53. The van der Waals surface area contributed by atoms with Gasteiger partial charge in [0.25, 0.3) is 5.91 Å². The molecule has 3 N–H and O–H groups in total. The third kappa shape index (κ3) is 8.65. The Bertz CT molecular complexity index is 1360. The highest BCUT2D eigenvalue weighted by Gasteiger charge is 2.35. The summed E-state index contributed by atoms with van der Waals surface area (Å²) in [7, 11) is 2.01. The highest BCUT2D eigenvalue weighted by molar-refractivity contribution is 6.01. The SMILES string of the molecule is CCC(=O)N[C@H](Cc1ccc(NC(=O)[C@@H](NC(=O)c2nonc2CC)C2CCC(C)CC2)c(F)c1)C(=O)N1CCN(C)[C@H](C)C1. The molecule has 1 saturated heterocycles. The monoisotopic (exact) mass is 627 g/mol. The van der Waals surface area contributed by atoms with Crippen LogP contribution in [0.1, 0.15) is 81.5 Å². The van der Waals surface area contributed by atoms with Gasteiger partial charge in [0, 0.05) is 38.5 Å². The lowest BCUT2D eigenvalue weighted by atomic mass is 9.79. The van der Waals surface area contributed by atoms with Gasteiger partial charge in [-0.05, 0) is 67.9 Å². The number of aryl methyl sites for hydroxylation is 1. The standard InChI is InChI=1S/C32H46FN7O5/c1-6-24-29(38-45-37-24)31(43)36-28(22-11-8-19(3)9-12-22)30(42)35-25-13-10-21(16-23(25)33)17-26(34-27(41)7-2)32(44)40-15-14-39(5)20(4)18-40/h10,13,16,19-20,22,26,28H,6-9,11-12,14-15,17-18H2,1-5H3,(H,34,41)(H,35,42)(H,36,43)/t19?,20-,22?,26-,28+/m1/s1. The highest BCUT2D eigenvalue weighted by atomic mass is 19.1. The van der Waals surface area contributed by atoms with Crippen molar-refractivity contribution in [3.63, 3.8) is 0 Å². The summed E-state index contributed by atoms with van der Waals surface area (Å²) in [4.78, 5) is 56.3. The second-order valence-corrected chi connectivity index (χ2v) is 12.5. The first kappa shape index (κ1) is 34.0. The molecule has 1 aliphatic heterocycles. The van der Waals surface area contributed by atoms with Crippen molar-refractivity contribution in [2.75, 3.05) is 32.0 Å². The fraction of sp³-hybridized carbons (Fsp3) is 0.625. The van der Waals surface area contributed by atoms with Gasteiger partial charge in [-0.3, -0.25) is 19.2 Å². The van der Waals surface area contributed by atoms with Crippen molar-refractivity contribution in [2.24, 2.45) is 11.8 Å². The summed E-state index contributed by atoms with van der Waals surface area (Å²) in [6.07, 6.45) is 4.06. The van der Waals surface area contributed by atoms with Gasteiger partial charge in [-0.25, -0.2) is 9.02 Å². The number of rotatable bonds is 11. The lowest BCUT2D eigenvalue weighted by Crippen LogP contribution is -2.57. The smallest absolute Gasteiger partial charge is 0.276 e. The van der Waals surface area contributed by atoms with Crippen LogP contribution in [0.2, 0.25) is 0 Å². The van der Waals surface area contributed by atoms with E-state index in [1.807, 2.05) is 20.9 Å². The van der Waals surface area contributed by atoms with Crippen LogP contribution in [0, 0.1) is 17.7 Å². The molecule has 4 rings (SSSR count). The van der Waals surface area contributed by atoms with E-state index in [2.05, 4.69) is 38.1 Å². The van der Waals surface area contributed by atoms with Crippen LogP contribution in [-0.2, 0) is 27.2 Å². The van der Waals surface area contributed by atoms with E-state index in [1.165, 1.54) is 12.1 Å². The molecule has 2 aliphatic rings. The molecule has 2 aromatic rings. The zero-order chi connectivity index (χ0) is 32.7. The first-order chi connectivity index (χ1) is 21.5. The van der Waals surface area contributed by atoms with E-state index >= 15 is 4.39 Å². The van der Waals surface area contributed by atoms with Crippen LogP contribution in [0.4, 0.5) is 10.1 Å². The fourth-order valence-electron chi connectivity index (χ4n) is 6.04. The maximum atomic E-state index is 15.5. The number of benzene rings is 1. The van der Waals surface area contributed by atoms with Crippen LogP contribution in [0.25, 0.3) is 0 Å². The molecule has 0 bridgehead atoms. The van der Waals surface area contributed by atoms with Crippen molar-refractivity contribution in [1.29, 1.82) is 0 Å². The van der Waals surface area contributed by atoms with Crippen LogP contribution in [0.15, 0.2) is 22.8 Å². The maximum Gasteiger partial charge on any atom is 0.276 e. The second kappa shape index (κ2) is 15.4. The van der Waals surface area contributed by atoms with Crippen LogP contribution in [-0.4, -0.2) is 88.5 Å². The van der Waals surface area contributed by atoms with Gasteiger partial charge in [-0.1, -0.05) is 44.8 Å². The zero-order valence-corrected chi connectivity index (χ0v) is 26.9. The van der Waals surface area contributed by atoms with Gasteiger partial charge in [-0.15, -0.1) is 0 Å².